The van der Waals surface area contributed by atoms with Crippen molar-refractivity contribution in [1.82, 2.24) is 20.2 Å². The molecule has 1 aromatic carbocycles. The first kappa shape index (κ1) is 10.6. The molecule has 2 aromatic rings. The van der Waals surface area contributed by atoms with Gasteiger partial charge in [-0.25, -0.2) is 4.68 Å². The van der Waals surface area contributed by atoms with Gasteiger partial charge in [-0.1, -0.05) is 6.07 Å². The molecule has 8 nitrogen and oxygen atoms in total. The number of ether oxygens (including phenoxy) is 1. The van der Waals surface area contributed by atoms with E-state index in [1.807, 2.05) is 6.92 Å². The van der Waals surface area contributed by atoms with Gasteiger partial charge in [0, 0.05) is 6.07 Å². The minimum atomic E-state index is -0.469. The molecule has 1 unspecified atom stereocenters. The van der Waals surface area contributed by atoms with Crippen molar-refractivity contribution in [2.75, 3.05) is 6.61 Å². The highest BCUT2D eigenvalue weighted by Crippen LogP contribution is 2.39. The molecule has 0 amide bonds. The number of tetrazole rings is 1. The molecule has 1 aliphatic rings. The number of nitro groups is 1. The fourth-order valence-corrected chi connectivity index (χ4v) is 1.94. The van der Waals surface area contributed by atoms with Gasteiger partial charge in [0.05, 0.1) is 16.5 Å². The van der Waals surface area contributed by atoms with E-state index in [9.17, 15) is 10.1 Å². The Hall–Kier alpha value is -2.51. The summed E-state index contributed by atoms with van der Waals surface area (Å²) >= 11 is 0. The van der Waals surface area contributed by atoms with Gasteiger partial charge in [0.2, 0.25) is 5.75 Å². The van der Waals surface area contributed by atoms with Gasteiger partial charge in [-0.15, -0.1) is 5.10 Å². The van der Waals surface area contributed by atoms with E-state index < -0.39 is 4.92 Å². The Morgan fingerprint density at radius 3 is 3.17 bits per heavy atom. The number of nitro benzene ring substituents is 1. The Balaban J connectivity index is 2.27. The zero-order valence-corrected chi connectivity index (χ0v) is 9.48. The summed E-state index contributed by atoms with van der Waals surface area (Å²) in [5.41, 5.74) is 0.467. The van der Waals surface area contributed by atoms with Crippen molar-refractivity contribution in [3.05, 3.63) is 28.3 Å². The van der Waals surface area contributed by atoms with Crippen LogP contribution in [-0.2, 0) is 0 Å². The molecule has 0 saturated carbocycles. The maximum absolute atomic E-state index is 11.0. The van der Waals surface area contributed by atoms with Crippen LogP contribution in [0.25, 0.3) is 11.4 Å². The average molecular weight is 247 g/mol. The summed E-state index contributed by atoms with van der Waals surface area (Å²) in [4.78, 5) is 10.5. The van der Waals surface area contributed by atoms with Crippen molar-refractivity contribution in [1.29, 1.82) is 0 Å². The first-order valence-corrected chi connectivity index (χ1v) is 5.37. The Labute approximate surface area is 101 Å². The van der Waals surface area contributed by atoms with E-state index in [2.05, 4.69) is 15.5 Å². The van der Waals surface area contributed by atoms with Crippen molar-refractivity contribution in [3.8, 4) is 17.1 Å². The molecule has 0 aliphatic carbocycles. The Bertz CT molecular complexity index is 624. The lowest BCUT2D eigenvalue weighted by molar-refractivity contribution is -0.385. The topological polar surface area (TPSA) is 96.0 Å². The van der Waals surface area contributed by atoms with E-state index in [4.69, 9.17) is 4.74 Å². The number of aromatic nitrogens is 4. The lowest BCUT2D eigenvalue weighted by atomic mass is 10.1. The minimum Gasteiger partial charge on any atom is -0.484 e. The van der Waals surface area contributed by atoms with Crippen LogP contribution in [-0.4, -0.2) is 31.7 Å². The van der Waals surface area contributed by atoms with E-state index >= 15 is 0 Å². The molecule has 1 aliphatic heterocycles. The minimum absolute atomic E-state index is 0.0730. The second-order valence-corrected chi connectivity index (χ2v) is 4.02. The molecule has 0 bridgehead atoms. The number of para-hydroxylation sites is 1. The summed E-state index contributed by atoms with van der Waals surface area (Å²) in [6, 6.07) is 4.63. The van der Waals surface area contributed by atoms with Crippen LogP contribution in [0.4, 0.5) is 5.69 Å². The SMILES string of the molecule is CC1COc2c(cccc2[N+](=O)[O-])-c2nnnn21. The molecule has 1 atom stereocenters. The summed E-state index contributed by atoms with van der Waals surface area (Å²) in [7, 11) is 0. The predicted octanol–water partition coefficient (Wildman–Crippen LogP) is 1.20. The quantitative estimate of drug-likeness (QED) is 0.555. The third-order valence-corrected chi connectivity index (χ3v) is 2.81. The van der Waals surface area contributed by atoms with Gasteiger partial charge in [0.25, 0.3) is 0 Å². The first-order chi connectivity index (χ1) is 8.68. The van der Waals surface area contributed by atoms with Crippen molar-refractivity contribution in [2.45, 2.75) is 13.0 Å². The van der Waals surface area contributed by atoms with Crippen LogP contribution in [0.15, 0.2) is 18.2 Å². The van der Waals surface area contributed by atoms with Crippen LogP contribution in [0.3, 0.4) is 0 Å². The molecule has 0 spiro atoms. The van der Waals surface area contributed by atoms with Gasteiger partial charge in [-0.2, -0.15) is 0 Å². The number of fused-ring (bicyclic) bond motifs is 3. The van der Waals surface area contributed by atoms with Crippen molar-refractivity contribution in [3.63, 3.8) is 0 Å². The molecule has 8 heteroatoms. The molecule has 0 saturated heterocycles. The molecule has 3 rings (SSSR count). The van der Waals surface area contributed by atoms with E-state index in [0.29, 0.717) is 11.4 Å². The molecular weight excluding hydrogens is 238 g/mol. The second kappa shape index (κ2) is 3.76. The number of rotatable bonds is 1. The molecule has 0 radical (unpaired) electrons. The predicted molar refractivity (Wildman–Crippen MR) is 60.1 cm³/mol. The van der Waals surface area contributed by atoms with Crippen LogP contribution >= 0.6 is 0 Å². The molecular formula is C10H9N5O3. The highest BCUT2D eigenvalue weighted by molar-refractivity contribution is 5.71. The fourth-order valence-electron chi connectivity index (χ4n) is 1.94. The summed E-state index contributed by atoms with van der Waals surface area (Å²) in [5, 5.41) is 22.4. The van der Waals surface area contributed by atoms with Gasteiger partial charge in [-0.05, 0) is 23.4 Å². The zero-order chi connectivity index (χ0) is 12.7. The maximum atomic E-state index is 11.0. The van der Waals surface area contributed by atoms with E-state index in [1.165, 1.54) is 6.07 Å². The van der Waals surface area contributed by atoms with Crippen molar-refractivity contribution < 1.29 is 9.66 Å². The maximum Gasteiger partial charge on any atom is 0.311 e. The molecule has 0 N–H and O–H groups in total. The van der Waals surface area contributed by atoms with Crippen molar-refractivity contribution in [2.24, 2.45) is 0 Å². The van der Waals surface area contributed by atoms with E-state index in [-0.39, 0.29) is 24.1 Å². The second-order valence-electron chi connectivity index (χ2n) is 4.02. The summed E-state index contributed by atoms with van der Waals surface area (Å²) in [5.74, 6) is 0.710. The van der Waals surface area contributed by atoms with Crippen LogP contribution in [0.5, 0.6) is 5.75 Å². The Kier molecular flexibility index (Phi) is 2.22. The van der Waals surface area contributed by atoms with Crippen LogP contribution < -0.4 is 4.74 Å². The summed E-state index contributed by atoms with van der Waals surface area (Å²) in [6.07, 6.45) is 0. The van der Waals surface area contributed by atoms with Gasteiger partial charge in [0.15, 0.2) is 5.82 Å². The van der Waals surface area contributed by atoms with Gasteiger partial charge in [0.1, 0.15) is 6.61 Å². The Morgan fingerprint density at radius 1 is 1.56 bits per heavy atom. The molecule has 18 heavy (non-hydrogen) atoms. The number of hydrogen-bond donors (Lipinski definition) is 0. The number of benzene rings is 1. The first-order valence-electron chi connectivity index (χ1n) is 5.37. The van der Waals surface area contributed by atoms with E-state index in [1.54, 1.807) is 16.8 Å². The lowest BCUT2D eigenvalue weighted by Gasteiger charge is -2.08. The van der Waals surface area contributed by atoms with Crippen LogP contribution in [0, 0.1) is 10.1 Å². The lowest BCUT2D eigenvalue weighted by Crippen LogP contribution is -2.14. The third kappa shape index (κ3) is 1.42. The van der Waals surface area contributed by atoms with Gasteiger partial charge in [-0.3, -0.25) is 10.1 Å². The number of nitrogens with zero attached hydrogens (tertiary/aromatic N) is 5. The third-order valence-electron chi connectivity index (χ3n) is 2.81. The summed E-state index contributed by atoms with van der Waals surface area (Å²) in [6.45, 7) is 2.17. The van der Waals surface area contributed by atoms with Gasteiger partial charge >= 0.3 is 5.69 Å². The van der Waals surface area contributed by atoms with E-state index in [0.717, 1.165) is 0 Å². The molecule has 0 fully saturated rings. The molecule has 1 aromatic heterocycles. The monoisotopic (exact) mass is 247 g/mol. The fraction of sp³-hybridized carbons (Fsp3) is 0.300. The Morgan fingerprint density at radius 2 is 2.39 bits per heavy atom. The smallest absolute Gasteiger partial charge is 0.311 e. The molecule has 92 valence electrons. The average Bonchev–Trinajstić information content (AvgIpc) is 2.79. The van der Waals surface area contributed by atoms with Crippen molar-refractivity contribution >= 4 is 5.69 Å². The van der Waals surface area contributed by atoms with Gasteiger partial charge < -0.3 is 4.74 Å². The normalized spacial score (nSPS) is 17.3. The highest BCUT2D eigenvalue weighted by atomic mass is 16.6. The zero-order valence-electron chi connectivity index (χ0n) is 9.48. The molecule has 2 heterocycles. The standard InChI is InChI=1S/C10H9N5O3/c1-6-5-18-9-7(10-11-12-13-14(6)10)3-2-4-8(9)15(16)17/h2-4,6H,5H2,1H3. The highest BCUT2D eigenvalue weighted by Gasteiger charge is 2.28. The van der Waals surface area contributed by atoms with Crippen LogP contribution in [0.1, 0.15) is 13.0 Å². The summed E-state index contributed by atoms with van der Waals surface area (Å²) < 4.78 is 7.13. The number of hydrogen-bond acceptors (Lipinski definition) is 6. The largest absolute Gasteiger partial charge is 0.484 e. The van der Waals surface area contributed by atoms with Crippen LogP contribution in [0.2, 0.25) is 0 Å².